The van der Waals surface area contributed by atoms with Crippen molar-refractivity contribution in [2.45, 2.75) is 39.3 Å². The van der Waals surface area contributed by atoms with E-state index in [1.165, 1.54) is 19.3 Å². The molecular weight excluding hydrogens is 224 g/mol. The minimum atomic E-state index is 0.0335. The smallest absolute Gasteiger partial charge is 0.252 e. The Hall–Kier alpha value is -1.35. The summed E-state index contributed by atoms with van der Waals surface area (Å²) in [7, 11) is 0. The van der Waals surface area contributed by atoms with Crippen LogP contribution in [0.15, 0.2) is 24.3 Å². The van der Waals surface area contributed by atoms with Crippen molar-refractivity contribution in [1.82, 2.24) is 10.2 Å². The number of nitrogens with one attached hydrogen (secondary N) is 1. The lowest BCUT2D eigenvalue weighted by molar-refractivity contribution is 0.0839. The number of likely N-dealkylation sites (tertiary alicyclic amines) is 1. The minimum absolute atomic E-state index is 0.0335. The van der Waals surface area contributed by atoms with Crippen LogP contribution in [0.25, 0.3) is 0 Å². The lowest BCUT2D eigenvalue weighted by atomic mass is 10.1. The molecule has 0 radical (unpaired) electrons. The van der Waals surface area contributed by atoms with Gasteiger partial charge in [0.15, 0.2) is 0 Å². The van der Waals surface area contributed by atoms with Crippen LogP contribution in [0, 0.1) is 6.92 Å². The summed E-state index contributed by atoms with van der Waals surface area (Å²) in [5.41, 5.74) is 1.81. The summed E-state index contributed by atoms with van der Waals surface area (Å²) in [6.45, 7) is 6.23. The largest absolute Gasteiger partial charge is 0.337 e. The summed E-state index contributed by atoms with van der Waals surface area (Å²) in [5.74, 6) is 0.0335. The van der Waals surface area contributed by atoms with Crippen LogP contribution in [-0.2, 0) is 0 Å². The van der Waals surface area contributed by atoms with Crippen molar-refractivity contribution >= 4 is 5.91 Å². The normalized spacial score (nSPS) is 18.3. The van der Waals surface area contributed by atoms with E-state index in [0.29, 0.717) is 0 Å². The average molecular weight is 246 g/mol. The second kappa shape index (κ2) is 6.01. The Labute approximate surface area is 109 Å². The van der Waals surface area contributed by atoms with Crippen LogP contribution in [0.2, 0.25) is 0 Å². The molecular formula is C15H22N2O. The fraction of sp³-hybridized carbons (Fsp3) is 0.533. The lowest BCUT2D eigenvalue weighted by Crippen LogP contribution is -2.48. The van der Waals surface area contributed by atoms with Gasteiger partial charge in [-0.1, -0.05) is 24.6 Å². The van der Waals surface area contributed by atoms with Gasteiger partial charge in [-0.25, -0.2) is 0 Å². The molecule has 2 rings (SSSR count). The van der Waals surface area contributed by atoms with Gasteiger partial charge in [-0.2, -0.15) is 0 Å². The predicted molar refractivity (Wildman–Crippen MR) is 73.5 cm³/mol. The highest BCUT2D eigenvalue weighted by molar-refractivity contribution is 5.95. The van der Waals surface area contributed by atoms with E-state index in [4.69, 9.17) is 0 Å². The molecule has 1 N–H and O–H groups in total. The molecule has 1 atom stereocenters. The highest BCUT2D eigenvalue weighted by Crippen LogP contribution is 2.12. The van der Waals surface area contributed by atoms with Crippen molar-refractivity contribution in [3.05, 3.63) is 35.4 Å². The second-order valence-electron chi connectivity index (χ2n) is 5.06. The number of rotatable bonds is 3. The summed E-state index contributed by atoms with van der Waals surface area (Å²) >= 11 is 0. The predicted octanol–water partition coefficient (Wildman–Crippen LogP) is 2.56. The van der Waals surface area contributed by atoms with Gasteiger partial charge >= 0.3 is 0 Å². The maximum atomic E-state index is 12.2. The number of benzene rings is 1. The molecule has 1 unspecified atom stereocenters. The van der Waals surface area contributed by atoms with Gasteiger partial charge in [-0.3, -0.25) is 9.69 Å². The molecule has 18 heavy (non-hydrogen) atoms. The van der Waals surface area contributed by atoms with Gasteiger partial charge in [0, 0.05) is 18.7 Å². The Morgan fingerprint density at radius 3 is 2.56 bits per heavy atom. The first-order valence-electron chi connectivity index (χ1n) is 6.79. The molecule has 98 valence electrons. The van der Waals surface area contributed by atoms with Gasteiger partial charge in [-0.15, -0.1) is 0 Å². The number of carbonyl (C=O) groups is 1. The second-order valence-corrected chi connectivity index (χ2v) is 5.06. The Morgan fingerprint density at radius 1 is 1.22 bits per heavy atom. The maximum absolute atomic E-state index is 12.2. The highest BCUT2D eigenvalue weighted by atomic mass is 16.1. The first-order valence-corrected chi connectivity index (χ1v) is 6.79. The van der Waals surface area contributed by atoms with E-state index in [1.54, 1.807) is 0 Å². The fourth-order valence-corrected chi connectivity index (χ4v) is 2.49. The molecule has 1 aliphatic rings. The summed E-state index contributed by atoms with van der Waals surface area (Å²) in [5, 5.41) is 3.09. The van der Waals surface area contributed by atoms with Crippen molar-refractivity contribution in [2.75, 3.05) is 13.1 Å². The maximum Gasteiger partial charge on any atom is 0.252 e. The molecule has 3 nitrogen and oxygen atoms in total. The lowest BCUT2D eigenvalue weighted by Gasteiger charge is -2.32. The van der Waals surface area contributed by atoms with E-state index in [9.17, 15) is 4.79 Å². The Bertz CT molecular complexity index is 411. The van der Waals surface area contributed by atoms with Crippen LogP contribution < -0.4 is 5.32 Å². The quantitative estimate of drug-likeness (QED) is 0.889. The Morgan fingerprint density at radius 2 is 1.89 bits per heavy atom. The third-order valence-electron chi connectivity index (χ3n) is 3.67. The Kier molecular flexibility index (Phi) is 4.37. The minimum Gasteiger partial charge on any atom is -0.337 e. The zero-order chi connectivity index (χ0) is 13.0. The first-order chi connectivity index (χ1) is 8.68. The van der Waals surface area contributed by atoms with Crippen molar-refractivity contribution < 1.29 is 4.79 Å². The molecule has 0 aromatic heterocycles. The first kappa shape index (κ1) is 13.1. The third-order valence-corrected chi connectivity index (χ3v) is 3.67. The van der Waals surface area contributed by atoms with Gasteiger partial charge in [0.2, 0.25) is 0 Å². The standard InChI is InChI=1S/C15H22N2O/c1-12-8-4-5-9-14(12)15(18)16-13(2)17-10-6-3-7-11-17/h4-5,8-9,13H,3,6-7,10-11H2,1-2H3,(H,16,18). The molecule has 1 aromatic rings. The van der Waals surface area contributed by atoms with Gasteiger partial charge < -0.3 is 5.32 Å². The zero-order valence-electron chi connectivity index (χ0n) is 11.3. The molecule has 0 aliphatic carbocycles. The molecule has 0 saturated carbocycles. The molecule has 1 saturated heterocycles. The molecule has 1 amide bonds. The van der Waals surface area contributed by atoms with Gasteiger partial charge in [0.25, 0.3) is 5.91 Å². The van der Waals surface area contributed by atoms with Crippen molar-refractivity contribution in [3.63, 3.8) is 0 Å². The van der Waals surface area contributed by atoms with Crippen molar-refractivity contribution in [2.24, 2.45) is 0 Å². The van der Waals surface area contributed by atoms with E-state index in [0.717, 1.165) is 24.2 Å². The number of hydrogen-bond donors (Lipinski definition) is 1. The SMILES string of the molecule is Cc1ccccc1C(=O)NC(C)N1CCCCC1. The monoisotopic (exact) mass is 246 g/mol. The van der Waals surface area contributed by atoms with E-state index < -0.39 is 0 Å². The summed E-state index contributed by atoms with van der Waals surface area (Å²) in [6, 6.07) is 7.72. The van der Waals surface area contributed by atoms with Crippen molar-refractivity contribution in [3.8, 4) is 0 Å². The number of amides is 1. The van der Waals surface area contributed by atoms with E-state index >= 15 is 0 Å². The topological polar surface area (TPSA) is 32.3 Å². The van der Waals surface area contributed by atoms with E-state index in [-0.39, 0.29) is 12.1 Å². The van der Waals surface area contributed by atoms with Gasteiger partial charge in [0.05, 0.1) is 6.17 Å². The van der Waals surface area contributed by atoms with Crippen LogP contribution in [0.3, 0.4) is 0 Å². The summed E-state index contributed by atoms with van der Waals surface area (Å²) < 4.78 is 0. The average Bonchev–Trinajstić information content (AvgIpc) is 2.40. The van der Waals surface area contributed by atoms with Crippen LogP contribution in [0.4, 0.5) is 0 Å². The molecule has 1 aromatic carbocycles. The number of nitrogens with zero attached hydrogens (tertiary/aromatic N) is 1. The highest BCUT2D eigenvalue weighted by Gasteiger charge is 2.19. The molecule has 1 aliphatic heterocycles. The number of piperidine rings is 1. The van der Waals surface area contributed by atoms with Crippen LogP contribution in [0.1, 0.15) is 42.1 Å². The summed E-state index contributed by atoms with van der Waals surface area (Å²) in [4.78, 5) is 14.5. The molecule has 3 heteroatoms. The third kappa shape index (κ3) is 3.10. The molecule has 1 heterocycles. The molecule has 1 fully saturated rings. The van der Waals surface area contributed by atoms with Crippen LogP contribution in [-0.4, -0.2) is 30.1 Å². The van der Waals surface area contributed by atoms with Crippen LogP contribution in [0.5, 0.6) is 0 Å². The van der Waals surface area contributed by atoms with E-state index in [2.05, 4.69) is 17.1 Å². The van der Waals surface area contributed by atoms with Gasteiger partial charge in [0.1, 0.15) is 0 Å². The van der Waals surface area contributed by atoms with Crippen LogP contribution >= 0.6 is 0 Å². The zero-order valence-corrected chi connectivity index (χ0v) is 11.3. The number of hydrogen-bond acceptors (Lipinski definition) is 2. The number of aryl methyl sites for hydroxylation is 1. The van der Waals surface area contributed by atoms with Gasteiger partial charge in [-0.05, 0) is 38.3 Å². The Balaban J connectivity index is 1.96. The fourth-order valence-electron chi connectivity index (χ4n) is 2.49. The van der Waals surface area contributed by atoms with E-state index in [1.807, 2.05) is 31.2 Å². The summed E-state index contributed by atoms with van der Waals surface area (Å²) in [6.07, 6.45) is 3.92. The molecule has 0 bridgehead atoms. The van der Waals surface area contributed by atoms with Crippen molar-refractivity contribution in [1.29, 1.82) is 0 Å². The molecule has 0 spiro atoms. The number of carbonyl (C=O) groups excluding carboxylic acids is 1.